The minimum absolute atomic E-state index is 0.790. The van der Waals surface area contributed by atoms with Gasteiger partial charge in [0.15, 0.2) is 0 Å². The first-order valence-corrected chi connectivity index (χ1v) is 9.15. The Morgan fingerprint density at radius 1 is 1.30 bits per heavy atom. The summed E-state index contributed by atoms with van der Waals surface area (Å²) in [5.41, 5.74) is 5.19. The Bertz CT molecular complexity index is 521. The van der Waals surface area contributed by atoms with Crippen LogP contribution in [0.1, 0.15) is 38.3 Å². The Kier molecular flexibility index (Phi) is 8.08. The first-order chi connectivity index (χ1) is 9.61. The average Bonchev–Trinajstić information content (AvgIpc) is 2.59. The molecule has 1 aliphatic carbocycles. The molecule has 0 radical (unpaired) electrons. The van der Waals surface area contributed by atoms with Crippen molar-refractivity contribution in [2.24, 2.45) is 4.99 Å². The quantitative estimate of drug-likeness (QED) is 0.389. The van der Waals surface area contributed by atoms with Gasteiger partial charge in [-0.1, -0.05) is 62.9 Å². The molecule has 1 aromatic carbocycles. The van der Waals surface area contributed by atoms with Crippen LogP contribution in [-0.2, 0) is 12.8 Å². The van der Waals surface area contributed by atoms with Gasteiger partial charge >= 0.3 is 0 Å². The largest absolute Gasteiger partial charge is 0.264 e. The van der Waals surface area contributed by atoms with Crippen LogP contribution in [0.2, 0.25) is 5.02 Å². The summed E-state index contributed by atoms with van der Waals surface area (Å²) in [5.74, 6) is 0. The zero-order chi connectivity index (χ0) is 15.1. The minimum Gasteiger partial charge on any atom is -0.264 e. The van der Waals surface area contributed by atoms with Crippen molar-refractivity contribution in [1.82, 2.24) is 0 Å². The highest BCUT2D eigenvalue weighted by Gasteiger charge is 2.16. The van der Waals surface area contributed by atoms with Crippen molar-refractivity contribution in [3.8, 4) is 0 Å². The van der Waals surface area contributed by atoms with Crippen LogP contribution in [0.4, 0.5) is 0 Å². The summed E-state index contributed by atoms with van der Waals surface area (Å²) in [4.78, 5) is 4.56. The van der Waals surface area contributed by atoms with Crippen LogP contribution in [0, 0.1) is 0 Å². The zero-order valence-corrected chi connectivity index (χ0v) is 16.1. The normalized spacial score (nSPS) is 14.7. The van der Waals surface area contributed by atoms with Crippen LogP contribution in [0.3, 0.4) is 0 Å². The molecular weight excluding hydrogens is 401 g/mol. The van der Waals surface area contributed by atoms with E-state index in [0.29, 0.717) is 0 Å². The van der Waals surface area contributed by atoms with Crippen molar-refractivity contribution in [2.45, 2.75) is 40.0 Å². The van der Waals surface area contributed by atoms with Crippen molar-refractivity contribution >= 4 is 49.7 Å². The highest BCUT2D eigenvalue weighted by molar-refractivity contribution is 9.10. The van der Waals surface area contributed by atoms with E-state index in [2.05, 4.69) is 49.8 Å². The van der Waals surface area contributed by atoms with Gasteiger partial charge in [0.1, 0.15) is 0 Å². The highest BCUT2D eigenvalue weighted by Crippen LogP contribution is 2.33. The van der Waals surface area contributed by atoms with Crippen molar-refractivity contribution in [2.75, 3.05) is 5.33 Å². The smallest absolute Gasteiger partial charge is 0.0433 e. The lowest BCUT2D eigenvalue weighted by atomic mass is 10.0. The van der Waals surface area contributed by atoms with E-state index in [1.807, 2.05) is 26.1 Å². The van der Waals surface area contributed by atoms with Gasteiger partial charge in [-0.3, -0.25) is 4.99 Å². The van der Waals surface area contributed by atoms with Crippen molar-refractivity contribution in [3.63, 3.8) is 0 Å². The second-order valence-electron chi connectivity index (χ2n) is 4.40. The van der Waals surface area contributed by atoms with Gasteiger partial charge in [0, 0.05) is 33.2 Å². The fourth-order valence-electron chi connectivity index (χ4n) is 2.16. The van der Waals surface area contributed by atoms with Gasteiger partial charge in [-0.2, -0.15) is 0 Å². The van der Waals surface area contributed by atoms with E-state index < -0.39 is 0 Å². The third-order valence-electron chi connectivity index (χ3n) is 3.17. The molecule has 1 aliphatic rings. The predicted octanol–water partition coefficient (Wildman–Crippen LogP) is 6.36. The summed E-state index contributed by atoms with van der Waals surface area (Å²) in [6.07, 6.45) is 4.87. The summed E-state index contributed by atoms with van der Waals surface area (Å²) in [6.45, 7) is 6.17. The molecule has 0 heterocycles. The Balaban J connectivity index is 0.000000956. The van der Waals surface area contributed by atoms with Crippen LogP contribution in [0.25, 0.3) is 0 Å². The number of benzene rings is 1. The van der Waals surface area contributed by atoms with Crippen LogP contribution in [0.15, 0.2) is 32.9 Å². The molecule has 0 unspecified atom stereocenters. The van der Waals surface area contributed by atoms with Gasteiger partial charge in [0.25, 0.3) is 0 Å². The maximum Gasteiger partial charge on any atom is 0.0433 e. The van der Waals surface area contributed by atoms with Gasteiger partial charge in [-0.15, -0.1) is 0 Å². The molecule has 110 valence electrons. The Morgan fingerprint density at radius 3 is 2.65 bits per heavy atom. The van der Waals surface area contributed by atoms with E-state index in [1.54, 1.807) is 0 Å². The molecule has 1 aromatic rings. The van der Waals surface area contributed by atoms with Crippen molar-refractivity contribution in [1.29, 1.82) is 0 Å². The second-order valence-corrected chi connectivity index (χ2v) is 6.33. The molecule has 0 aromatic heterocycles. The molecule has 0 fully saturated rings. The van der Waals surface area contributed by atoms with Crippen LogP contribution < -0.4 is 0 Å². The first kappa shape index (κ1) is 17.9. The Morgan fingerprint density at radius 2 is 2.00 bits per heavy atom. The predicted molar refractivity (Wildman–Crippen MR) is 97.5 cm³/mol. The monoisotopic (exact) mass is 419 g/mol. The minimum atomic E-state index is 0.790. The van der Waals surface area contributed by atoms with Gasteiger partial charge in [0.2, 0.25) is 0 Å². The SMILES string of the molecule is CC.CC1=C(N=CCBr)Cc2c(Br)cc(Cl)cc2CC1. The molecule has 0 bridgehead atoms. The molecule has 0 atom stereocenters. The molecule has 4 heteroatoms. The number of aliphatic imine (C=N–C) groups is 1. The maximum atomic E-state index is 6.11. The van der Waals surface area contributed by atoms with E-state index in [-0.39, 0.29) is 0 Å². The molecule has 0 aliphatic heterocycles. The Hall–Kier alpha value is -0.120. The number of hydrogen-bond acceptors (Lipinski definition) is 1. The molecule has 0 spiro atoms. The van der Waals surface area contributed by atoms with Gasteiger partial charge in [0.05, 0.1) is 0 Å². The average molecular weight is 422 g/mol. The molecule has 2 rings (SSSR count). The number of alkyl halides is 1. The fraction of sp³-hybridized carbons (Fsp3) is 0.438. The standard InChI is InChI=1S/C14H14Br2ClN.C2H6/c1-9-2-3-10-6-11(17)7-13(16)12(10)8-14(9)18-5-4-15;1-2/h5-7H,2-4,8H2,1H3;1-2H3. The molecule has 1 nitrogen and oxygen atoms in total. The zero-order valence-electron chi connectivity index (χ0n) is 12.1. The summed E-state index contributed by atoms with van der Waals surface area (Å²) in [7, 11) is 0. The summed E-state index contributed by atoms with van der Waals surface area (Å²) >= 11 is 13.1. The van der Waals surface area contributed by atoms with Gasteiger partial charge in [-0.25, -0.2) is 0 Å². The number of allylic oxidation sites excluding steroid dienone is 2. The van der Waals surface area contributed by atoms with Gasteiger partial charge in [-0.05, 0) is 43.0 Å². The van der Waals surface area contributed by atoms with Crippen molar-refractivity contribution in [3.05, 3.63) is 44.0 Å². The molecule has 20 heavy (non-hydrogen) atoms. The lowest BCUT2D eigenvalue weighted by Crippen LogP contribution is -1.95. The van der Waals surface area contributed by atoms with Crippen molar-refractivity contribution < 1.29 is 0 Å². The molecule has 0 N–H and O–H groups in total. The van der Waals surface area contributed by atoms with Crippen LogP contribution in [-0.4, -0.2) is 11.5 Å². The number of aryl methyl sites for hydroxylation is 1. The molecule has 0 saturated carbocycles. The maximum absolute atomic E-state index is 6.11. The molecule has 0 saturated heterocycles. The number of hydrogen-bond donors (Lipinski definition) is 0. The van der Waals surface area contributed by atoms with Crippen LogP contribution >= 0.6 is 43.5 Å². The molecule has 0 amide bonds. The van der Waals surface area contributed by atoms with E-state index in [9.17, 15) is 0 Å². The summed E-state index contributed by atoms with van der Waals surface area (Å²) < 4.78 is 1.09. The summed E-state index contributed by atoms with van der Waals surface area (Å²) in [6, 6.07) is 4.04. The Labute approximate surface area is 143 Å². The van der Waals surface area contributed by atoms with E-state index >= 15 is 0 Å². The lowest BCUT2D eigenvalue weighted by Gasteiger charge is -2.09. The number of nitrogens with zero attached hydrogens (tertiary/aromatic N) is 1. The number of rotatable bonds is 2. The second kappa shape index (κ2) is 9.01. The third kappa shape index (κ3) is 4.71. The highest BCUT2D eigenvalue weighted by atomic mass is 79.9. The summed E-state index contributed by atoms with van der Waals surface area (Å²) in [5, 5.41) is 1.59. The van der Waals surface area contributed by atoms with Crippen LogP contribution in [0.5, 0.6) is 0 Å². The van der Waals surface area contributed by atoms with E-state index in [1.165, 1.54) is 22.4 Å². The lowest BCUT2D eigenvalue weighted by molar-refractivity contribution is 0.936. The van der Waals surface area contributed by atoms with E-state index in [0.717, 1.165) is 34.1 Å². The van der Waals surface area contributed by atoms with E-state index in [4.69, 9.17) is 11.6 Å². The third-order valence-corrected chi connectivity index (χ3v) is 4.39. The first-order valence-electron chi connectivity index (χ1n) is 6.85. The fourth-order valence-corrected chi connectivity index (χ4v) is 3.32. The number of halogens is 3. The van der Waals surface area contributed by atoms with Gasteiger partial charge < -0.3 is 0 Å². The topological polar surface area (TPSA) is 12.4 Å². The number of fused-ring (bicyclic) bond motifs is 1. The molecular formula is C16H20Br2ClN.